The minimum Gasteiger partial charge on any atom is -0.341 e. The average Bonchev–Trinajstić information content (AvgIpc) is 3.35. The van der Waals surface area contributed by atoms with Gasteiger partial charge in [0.05, 0.1) is 0 Å². The molecule has 4 rings (SSSR count). The fraction of sp³-hybridized carbons (Fsp3) is 0.762. The number of aromatic nitrogens is 2. The Morgan fingerprint density at radius 2 is 1.93 bits per heavy atom. The molecule has 6 nitrogen and oxygen atoms in total. The summed E-state index contributed by atoms with van der Waals surface area (Å²) in [5, 5.41) is 0. The molecule has 1 aromatic heterocycles. The van der Waals surface area contributed by atoms with Crippen molar-refractivity contribution in [1.29, 1.82) is 0 Å². The number of rotatable bonds is 3. The molecule has 6 heteroatoms. The molecule has 2 amide bonds. The lowest BCUT2D eigenvalue weighted by Gasteiger charge is -2.49. The van der Waals surface area contributed by atoms with E-state index in [0.717, 1.165) is 44.7 Å². The summed E-state index contributed by atoms with van der Waals surface area (Å²) in [5.74, 6) is 1.42. The van der Waals surface area contributed by atoms with Crippen LogP contribution in [0, 0.1) is 12.3 Å². The Bertz CT molecular complexity index is 699. The second-order valence-electron chi connectivity index (χ2n) is 8.84. The maximum atomic E-state index is 13.0. The van der Waals surface area contributed by atoms with E-state index in [0.29, 0.717) is 18.4 Å². The summed E-state index contributed by atoms with van der Waals surface area (Å²) >= 11 is 0. The predicted octanol–water partition coefficient (Wildman–Crippen LogP) is 2.93. The number of likely N-dealkylation sites (tertiary alicyclic amines) is 2. The Kier molecular flexibility index (Phi) is 4.99. The van der Waals surface area contributed by atoms with E-state index in [1.165, 1.54) is 25.7 Å². The molecular formula is C21H32N4O2. The first-order valence-electron chi connectivity index (χ1n) is 10.6. The minimum absolute atomic E-state index is 0.186. The smallest absolute Gasteiger partial charge is 0.245 e. The quantitative estimate of drug-likeness (QED) is 0.820. The van der Waals surface area contributed by atoms with E-state index in [9.17, 15) is 9.59 Å². The number of piperidine rings is 2. The first kappa shape index (κ1) is 18.5. The zero-order valence-electron chi connectivity index (χ0n) is 16.7. The normalized spacial score (nSPS) is 24.6. The molecule has 2 saturated heterocycles. The minimum atomic E-state index is -0.204. The first-order valence-corrected chi connectivity index (χ1v) is 10.6. The van der Waals surface area contributed by atoms with Crippen LogP contribution >= 0.6 is 0 Å². The molecule has 1 saturated carbocycles. The Balaban J connectivity index is 1.38. The van der Waals surface area contributed by atoms with Gasteiger partial charge in [0.2, 0.25) is 11.8 Å². The van der Waals surface area contributed by atoms with Gasteiger partial charge in [0.1, 0.15) is 11.9 Å². The highest BCUT2D eigenvalue weighted by molar-refractivity contribution is 5.80. The van der Waals surface area contributed by atoms with Crippen LogP contribution in [0.2, 0.25) is 0 Å². The maximum absolute atomic E-state index is 13.0. The number of hydrogen-bond donors (Lipinski definition) is 0. The summed E-state index contributed by atoms with van der Waals surface area (Å²) in [6.45, 7) is 6.43. The van der Waals surface area contributed by atoms with E-state index in [1.807, 2.05) is 29.5 Å². The van der Waals surface area contributed by atoms with Crippen molar-refractivity contribution in [3.8, 4) is 0 Å². The Labute approximate surface area is 161 Å². The van der Waals surface area contributed by atoms with E-state index in [4.69, 9.17) is 0 Å². The van der Waals surface area contributed by atoms with Crippen LogP contribution in [-0.2, 0) is 9.59 Å². The van der Waals surface area contributed by atoms with Crippen molar-refractivity contribution in [2.45, 2.75) is 77.3 Å². The standard InChI is InChI=1S/C21H32N4O2/c1-16(24-14-11-22-17(24)2)20(27)23-12-9-21(10-13-23)8-7-19(26)25(15-21)18-5-3-4-6-18/h11,14,16,18H,3-10,12-13,15H2,1-2H3/t16-/m1/s1. The third kappa shape index (κ3) is 3.50. The van der Waals surface area contributed by atoms with Gasteiger partial charge in [0.15, 0.2) is 0 Å². The monoisotopic (exact) mass is 372 g/mol. The zero-order chi connectivity index (χ0) is 19.0. The molecule has 3 fully saturated rings. The molecule has 0 radical (unpaired) electrons. The van der Waals surface area contributed by atoms with Crippen LogP contribution in [0.1, 0.15) is 70.2 Å². The molecule has 0 N–H and O–H groups in total. The van der Waals surface area contributed by atoms with Gasteiger partial charge in [-0.2, -0.15) is 0 Å². The Morgan fingerprint density at radius 3 is 2.56 bits per heavy atom. The molecule has 148 valence electrons. The lowest BCUT2D eigenvalue weighted by Crippen LogP contribution is -2.55. The van der Waals surface area contributed by atoms with Gasteiger partial charge in [-0.25, -0.2) is 4.98 Å². The van der Waals surface area contributed by atoms with Gasteiger partial charge in [-0.05, 0) is 51.4 Å². The van der Waals surface area contributed by atoms with Crippen LogP contribution in [-0.4, -0.2) is 56.8 Å². The summed E-state index contributed by atoms with van der Waals surface area (Å²) in [5.41, 5.74) is 0.224. The molecule has 1 atom stereocenters. The molecule has 27 heavy (non-hydrogen) atoms. The maximum Gasteiger partial charge on any atom is 0.245 e. The number of aryl methyl sites for hydroxylation is 1. The van der Waals surface area contributed by atoms with Gasteiger partial charge >= 0.3 is 0 Å². The largest absolute Gasteiger partial charge is 0.341 e. The molecular weight excluding hydrogens is 340 g/mol. The number of imidazole rings is 1. The second-order valence-corrected chi connectivity index (χ2v) is 8.84. The molecule has 3 aliphatic rings. The first-order chi connectivity index (χ1) is 13.0. The summed E-state index contributed by atoms with van der Waals surface area (Å²) in [7, 11) is 0. The SMILES string of the molecule is Cc1nccn1[C@H](C)C(=O)N1CCC2(CCC(=O)N(C3CCCC3)C2)CC1. The summed E-state index contributed by atoms with van der Waals surface area (Å²) in [6.07, 6.45) is 12.2. The highest BCUT2D eigenvalue weighted by Crippen LogP contribution is 2.42. The van der Waals surface area contributed by atoms with Crippen molar-refractivity contribution in [3.63, 3.8) is 0 Å². The van der Waals surface area contributed by atoms with E-state index in [-0.39, 0.29) is 17.4 Å². The van der Waals surface area contributed by atoms with Crippen LogP contribution < -0.4 is 0 Å². The summed E-state index contributed by atoms with van der Waals surface area (Å²) in [4.78, 5) is 33.9. The van der Waals surface area contributed by atoms with Crippen molar-refractivity contribution in [2.75, 3.05) is 19.6 Å². The molecule has 0 unspecified atom stereocenters. The van der Waals surface area contributed by atoms with Crippen LogP contribution in [0.4, 0.5) is 0 Å². The Hall–Kier alpha value is -1.85. The zero-order valence-corrected chi connectivity index (χ0v) is 16.7. The van der Waals surface area contributed by atoms with Gasteiger partial charge in [0.25, 0.3) is 0 Å². The highest BCUT2D eigenvalue weighted by atomic mass is 16.2. The molecule has 1 spiro atoms. The van der Waals surface area contributed by atoms with Crippen molar-refractivity contribution in [1.82, 2.24) is 19.4 Å². The molecule has 2 aliphatic heterocycles. The van der Waals surface area contributed by atoms with E-state index in [1.54, 1.807) is 6.20 Å². The van der Waals surface area contributed by atoms with Crippen molar-refractivity contribution in [2.24, 2.45) is 5.41 Å². The van der Waals surface area contributed by atoms with Crippen LogP contribution in [0.15, 0.2) is 12.4 Å². The molecule has 1 aliphatic carbocycles. The summed E-state index contributed by atoms with van der Waals surface area (Å²) < 4.78 is 1.95. The number of nitrogens with zero attached hydrogens (tertiary/aromatic N) is 4. The van der Waals surface area contributed by atoms with Gasteiger partial charge in [0, 0.05) is 44.5 Å². The molecule has 0 bridgehead atoms. The lowest BCUT2D eigenvalue weighted by atomic mass is 9.72. The fourth-order valence-corrected chi connectivity index (χ4v) is 5.38. The number of carbonyl (C=O) groups excluding carboxylic acids is 2. The van der Waals surface area contributed by atoms with Gasteiger partial charge in [-0.3, -0.25) is 9.59 Å². The number of carbonyl (C=O) groups is 2. The highest BCUT2D eigenvalue weighted by Gasteiger charge is 2.44. The molecule has 3 heterocycles. The number of amides is 2. The van der Waals surface area contributed by atoms with Gasteiger partial charge < -0.3 is 14.4 Å². The van der Waals surface area contributed by atoms with Gasteiger partial charge in [-0.15, -0.1) is 0 Å². The average molecular weight is 373 g/mol. The van der Waals surface area contributed by atoms with E-state index < -0.39 is 0 Å². The third-order valence-corrected chi connectivity index (χ3v) is 7.23. The van der Waals surface area contributed by atoms with E-state index in [2.05, 4.69) is 9.88 Å². The van der Waals surface area contributed by atoms with Crippen LogP contribution in [0.25, 0.3) is 0 Å². The van der Waals surface area contributed by atoms with Crippen LogP contribution in [0.3, 0.4) is 0 Å². The fourth-order valence-electron chi connectivity index (χ4n) is 5.38. The topological polar surface area (TPSA) is 58.4 Å². The van der Waals surface area contributed by atoms with Gasteiger partial charge in [-0.1, -0.05) is 12.8 Å². The van der Waals surface area contributed by atoms with Crippen LogP contribution in [0.5, 0.6) is 0 Å². The third-order valence-electron chi connectivity index (χ3n) is 7.23. The number of hydrogen-bond acceptors (Lipinski definition) is 3. The van der Waals surface area contributed by atoms with Crippen molar-refractivity contribution < 1.29 is 9.59 Å². The molecule has 0 aromatic carbocycles. The second kappa shape index (κ2) is 7.28. The van der Waals surface area contributed by atoms with E-state index >= 15 is 0 Å². The Morgan fingerprint density at radius 1 is 1.22 bits per heavy atom. The predicted molar refractivity (Wildman–Crippen MR) is 103 cm³/mol. The summed E-state index contributed by atoms with van der Waals surface area (Å²) in [6, 6.07) is 0.267. The molecule has 1 aromatic rings. The van der Waals surface area contributed by atoms with Crippen molar-refractivity contribution >= 4 is 11.8 Å². The van der Waals surface area contributed by atoms with Crippen molar-refractivity contribution in [3.05, 3.63) is 18.2 Å². The lowest BCUT2D eigenvalue weighted by molar-refractivity contribution is -0.145.